The Labute approximate surface area is 254 Å². The van der Waals surface area contributed by atoms with Crippen LogP contribution in [0.3, 0.4) is 0 Å². The van der Waals surface area contributed by atoms with E-state index in [2.05, 4.69) is 5.32 Å². The zero-order valence-corrected chi connectivity index (χ0v) is 25.0. The van der Waals surface area contributed by atoms with Crippen molar-refractivity contribution in [2.45, 2.75) is 65.2 Å². The molecule has 1 fully saturated rings. The van der Waals surface area contributed by atoms with Crippen molar-refractivity contribution in [1.29, 1.82) is 0 Å². The predicted octanol–water partition coefficient (Wildman–Crippen LogP) is 4.61. The summed E-state index contributed by atoms with van der Waals surface area (Å²) in [5.74, 6) is -1.22. The van der Waals surface area contributed by atoms with E-state index in [-0.39, 0.29) is 31.6 Å². The van der Waals surface area contributed by atoms with E-state index < -0.39 is 24.8 Å². The Bertz CT molecular complexity index is 1590. The fourth-order valence-corrected chi connectivity index (χ4v) is 5.99. The lowest BCUT2D eigenvalue weighted by molar-refractivity contribution is -0.362. The van der Waals surface area contributed by atoms with Gasteiger partial charge in [-0.05, 0) is 68.1 Å². The molecular formula is C31H35BF2N4O6. The molecule has 0 radical (unpaired) electrons. The number of imide groups is 1. The van der Waals surface area contributed by atoms with Gasteiger partial charge in [0.1, 0.15) is 11.5 Å². The summed E-state index contributed by atoms with van der Waals surface area (Å²) in [7, 11) is 1.55. The summed E-state index contributed by atoms with van der Waals surface area (Å²) in [6.07, 6.45) is 4.13. The van der Waals surface area contributed by atoms with Crippen molar-refractivity contribution in [3.8, 4) is 17.0 Å². The van der Waals surface area contributed by atoms with Crippen LogP contribution in [-0.2, 0) is 24.0 Å². The number of unbranched alkanes of at least 4 members (excludes halogenated alkanes) is 2. The largest absolute Gasteiger partial charge is 0.737 e. The standard InChI is InChI=1S/C31H35BF2N4O6/c1-20-25(13-15-28(39)35-18-6-4-5-7-31(42)44-38-29(40)16-17-30(38)41)21(2)36-27(20)19-23-10-14-26(37(23)32(36,33)34)22-8-11-24(43-3)12-9-22/h8-12,14,19H,4-7,13,15-18H2,1-3H3,(H,35,39). The van der Waals surface area contributed by atoms with E-state index in [1.165, 1.54) is 0 Å². The highest BCUT2D eigenvalue weighted by Crippen LogP contribution is 2.40. The van der Waals surface area contributed by atoms with Crippen molar-refractivity contribution >= 4 is 42.4 Å². The van der Waals surface area contributed by atoms with Crippen LogP contribution in [0.5, 0.6) is 5.75 Å². The predicted molar refractivity (Wildman–Crippen MR) is 159 cm³/mol. The highest BCUT2D eigenvalue weighted by atomic mass is 19.2. The van der Waals surface area contributed by atoms with Crippen molar-refractivity contribution < 1.29 is 41.9 Å². The van der Waals surface area contributed by atoms with Gasteiger partial charge in [0, 0.05) is 67.8 Å². The molecule has 0 bridgehead atoms. The van der Waals surface area contributed by atoms with Crippen LogP contribution in [0, 0.1) is 0 Å². The van der Waals surface area contributed by atoms with Crippen molar-refractivity contribution in [2.24, 2.45) is 0 Å². The Hall–Kier alpha value is -4.55. The highest BCUT2D eigenvalue weighted by Gasteiger charge is 2.54. The van der Waals surface area contributed by atoms with E-state index in [0.717, 1.165) is 20.1 Å². The SMILES string of the molecule is COc1ccc(-c2ccc3n2[B-](F)(F)[N+]2=C(C)C(CCC(=O)NCCCCCC(=O)ON4C(=O)CCC4=O)=C(C)C2=C3)cc1. The summed E-state index contributed by atoms with van der Waals surface area (Å²) in [6, 6.07) is 10.4. The van der Waals surface area contributed by atoms with Crippen LogP contribution in [0.25, 0.3) is 17.3 Å². The number of rotatable bonds is 12. The minimum atomic E-state index is -4.19. The first-order valence-electron chi connectivity index (χ1n) is 14.8. The lowest BCUT2D eigenvalue weighted by Crippen LogP contribution is -2.50. The first-order valence-corrected chi connectivity index (χ1v) is 14.8. The summed E-state index contributed by atoms with van der Waals surface area (Å²) in [5, 5.41) is 3.38. The zero-order valence-electron chi connectivity index (χ0n) is 25.0. The Morgan fingerprint density at radius 1 is 0.977 bits per heavy atom. The lowest BCUT2D eigenvalue weighted by atomic mass is 9.89. The number of hydrogen-bond donors (Lipinski definition) is 1. The highest BCUT2D eigenvalue weighted by molar-refractivity contribution is 6.58. The van der Waals surface area contributed by atoms with Gasteiger partial charge in [0.2, 0.25) is 5.91 Å². The Kier molecular flexibility index (Phi) is 8.84. The zero-order chi connectivity index (χ0) is 31.6. The molecule has 13 heteroatoms. The molecule has 10 nitrogen and oxygen atoms in total. The Balaban J connectivity index is 1.13. The van der Waals surface area contributed by atoms with E-state index in [1.54, 1.807) is 56.5 Å². The Morgan fingerprint density at radius 2 is 1.68 bits per heavy atom. The smallest absolute Gasteiger partial charge is 0.497 e. The average Bonchev–Trinajstić information content (AvgIpc) is 3.64. The van der Waals surface area contributed by atoms with Gasteiger partial charge >= 0.3 is 12.9 Å². The van der Waals surface area contributed by atoms with Crippen LogP contribution >= 0.6 is 0 Å². The second-order valence-corrected chi connectivity index (χ2v) is 11.1. The van der Waals surface area contributed by atoms with Gasteiger partial charge in [-0.2, -0.15) is 0 Å². The van der Waals surface area contributed by atoms with Gasteiger partial charge in [-0.3, -0.25) is 14.4 Å². The lowest BCUT2D eigenvalue weighted by Gasteiger charge is -2.31. The molecule has 3 aliphatic rings. The molecule has 4 heterocycles. The fourth-order valence-electron chi connectivity index (χ4n) is 5.99. The number of amides is 3. The van der Waals surface area contributed by atoms with Crippen molar-refractivity contribution in [3.05, 3.63) is 58.9 Å². The first-order chi connectivity index (χ1) is 21.0. The number of allylic oxidation sites excluding steroid dienone is 2. The third-order valence-electron chi connectivity index (χ3n) is 8.32. The third kappa shape index (κ3) is 5.95. The number of fused-ring (bicyclic) bond motifs is 2. The van der Waals surface area contributed by atoms with Crippen LogP contribution in [0.2, 0.25) is 0 Å². The van der Waals surface area contributed by atoms with E-state index in [4.69, 9.17) is 9.57 Å². The minimum absolute atomic E-state index is 0.0460. The van der Waals surface area contributed by atoms with Crippen LogP contribution in [-0.4, -0.2) is 64.1 Å². The van der Waals surface area contributed by atoms with Gasteiger partial charge in [0.15, 0.2) is 5.70 Å². The van der Waals surface area contributed by atoms with Crippen molar-refractivity contribution in [1.82, 2.24) is 14.9 Å². The van der Waals surface area contributed by atoms with Crippen LogP contribution in [0.15, 0.2) is 53.2 Å². The van der Waals surface area contributed by atoms with Crippen LogP contribution in [0.1, 0.15) is 70.9 Å². The number of hydroxylamine groups is 2. The molecule has 0 aliphatic carbocycles. The van der Waals surface area contributed by atoms with Gasteiger partial charge < -0.3 is 32.5 Å². The molecule has 5 rings (SSSR count). The number of nitrogens with one attached hydrogen (secondary N) is 1. The van der Waals surface area contributed by atoms with Gasteiger partial charge in [-0.25, -0.2) is 4.79 Å². The number of nitrogens with zero attached hydrogens (tertiary/aromatic N) is 3. The maximum Gasteiger partial charge on any atom is 0.737 e. The first kappa shape index (κ1) is 30.9. The van der Waals surface area contributed by atoms with Crippen LogP contribution < -0.4 is 10.1 Å². The van der Waals surface area contributed by atoms with E-state index >= 15 is 8.63 Å². The Morgan fingerprint density at radius 3 is 2.36 bits per heavy atom. The number of hydrogen-bond acceptors (Lipinski definition) is 6. The molecular weight excluding hydrogens is 573 g/mol. The molecule has 0 atom stereocenters. The van der Waals surface area contributed by atoms with Gasteiger partial charge in [0.25, 0.3) is 11.8 Å². The normalized spacial score (nSPS) is 17.1. The summed E-state index contributed by atoms with van der Waals surface area (Å²) in [4.78, 5) is 52.3. The number of benzene rings is 1. The molecule has 232 valence electrons. The van der Waals surface area contributed by atoms with Gasteiger partial charge in [-0.15, -0.1) is 5.06 Å². The summed E-state index contributed by atoms with van der Waals surface area (Å²) in [6.45, 7) is -0.292. The molecule has 3 amide bonds. The molecule has 1 saturated heterocycles. The van der Waals surface area contributed by atoms with E-state index in [0.29, 0.717) is 71.4 Å². The van der Waals surface area contributed by atoms with Gasteiger partial charge in [0.05, 0.1) is 7.11 Å². The maximum atomic E-state index is 16.2. The molecule has 1 N–H and O–H groups in total. The van der Waals surface area contributed by atoms with E-state index in [9.17, 15) is 19.2 Å². The molecule has 1 aromatic carbocycles. The fraction of sp³-hybridized carbons (Fsp3) is 0.387. The second kappa shape index (κ2) is 12.6. The van der Waals surface area contributed by atoms with Crippen LogP contribution in [0.4, 0.5) is 8.63 Å². The third-order valence-corrected chi connectivity index (χ3v) is 8.32. The number of halogens is 2. The van der Waals surface area contributed by atoms with Crippen molar-refractivity contribution in [2.75, 3.05) is 13.7 Å². The number of carbonyl (C=O) groups is 4. The average molecular weight is 608 g/mol. The number of carbonyl (C=O) groups excluding carboxylic acids is 4. The molecule has 1 aromatic heterocycles. The molecule has 2 aromatic rings. The summed E-state index contributed by atoms with van der Waals surface area (Å²) in [5.41, 5.74) is 3.85. The topological polar surface area (TPSA) is 110 Å². The monoisotopic (exact) mass is 608 g/mol. The quantitative estimate of drug-likeness (QED) is 0.214. The molecule has 0 saturated carbocycles. The number of aromatic nitrogens is 1. The summed E-state index contributed by atoms with van der Waals surface area (Å²) < 4.78 is 39.9. The minimum Gasteiger partial charge on any atom is -0.497 e. The number of ether oxygens (including phenoxy) is 1. The molecule has 44 heavy (non-hydrogen) atoms. The van der Waals surface area contributed by atoms with Crippen molar-refractivity contribution in [3.63, 3.8) is 0 Å². The summed E-state index contributed by atoms with van der Waals surface area (Å²) >= 11 is 0. The molecule has 0 unspecified atom stereocenters. The molecule has 3 aliphatic heterocycles. The number of methoxy groups -OCH3 is 1. The van der Waals surface area contributed by atoms with Gasteiger partial charge in [-0.1, -0.05) is 6.42 Å². The van der Waals surface area contributed by atoms with E-state index in [1.807, 2.05) is 6.92 Å². The maximum absolute atomic E-state index is 16.2. The molecule has 0 spiro atoms. The second-order valence-electron chi connectivity index (χ2n) is 11.1.